The van der Waals surface area contributed by atoms with Gasteiger partial charge in [-0.15, -0.1) is 0 Å². The topological polar surface area (TPSA) is 93.4 Å². The van der Waals surface area contributed by atoms with Gasteiger partial charge in [0.2, 0.25) is 11.8 Å². The molecule has 0 saturated heterocycles. The number of anilines is 2. The SMILES string of the molecule is COC(CN)CC(=O)Nc1ccc(C)c(NC(=O)C(C)(C)C)c1. The van der Waals surface area contributed by atoms with Gasteiger partial charge in [-0.3, -0.25) is 9.59 Å². The third-order valence-corrected chi connectivity index (χ3v) is 3.46. The van der Waals surface area contributed by atoms with Crippen LogP contribution in [0.25, 0.3) is 0 Å². The quantitative estimate of drug-likeness (QED) is 0.749. The van der Waals surface area contributed by atoms with E-state index in [1.54, 1.807) is 12.1 Å². The molecule has 6 heteroatoms. The van der Waals surface area contributed by atoms with Gasteiger partial charge in [0.15, 0.2) is 0 Å². The number of aryl methyl sites for hydroxylation is 1. The molecule has 0 aliphatic heterocycles. The van der Waals surface area contributed by atoms with Gasteiger partial charge < -0.3 is 21.1 Å². The Kier molecular flexibility index (Phi) is 6.72. The maximum Gasteiger partial charge on any atom is 0.229 e. The van der Waals surface area contributed by atoms with Crippen LogP contribution in [0, 0.1) is 12.3 Å². The van der Waals surface area contributed by atoms with Crippen molar-refractivity contribution in [2.45, 2.75) is 40.2 Å². The van der Waals surface area contributed by atoms with Crippen molar-refractivity contribution >= 4 is 23.2 Å². The maximum absolute atomic E-state index is 12.1. The summed E-state index contributed by atoms with van der Waals surface area (Å²) in [5.74, 6) is -0.258. The average Bonchev–Trinajstić information content (AvgIpc) is 2.47. The predicted molar refractivity (Wildman–Crippen MR) is 92.4 cm³/mol. The van der Waals surface area contributed by atoms with Crippen LogP contribution in [-0.4, -0.2) is 31.6 Å². The lowest BCUT2D eigenvalue weighted by Gasteiger charge is -2.19. The van der Waals surface area contributed by atoms with Crippen molar-refractivity contribution < 1.29 is 14.3 Å². The third-order valence-electron chi connectivity index (χ3n) is 3.46. The molecule has 1 aromatic carbocycles. The van der Waals surface area contributed by atoms with Crippen LogP contribution in [0.3, 0.4) is 0 Å². The van der Waals surface area contributed by atoms with E-state index in [-0.39, 0.29) is 30.9 Å². The number of rotatable bonds is 6. The van der Waals surface area contributed by atoms with E-state index in [0.717, 1.165) is 5.56 Å². The second-order valence-electron chi connectivity index (χ2n) is 6.58. The Morgan fingerprint density at radius 2 is 1.91 bits per heavy atom. The minimum Gasteiger partial charge on any atom is -0.380 e. The molecule has 1 rings (SSSR count). The normalized spacial score (nSPS) is 12.6. The van der Waals surface area contributed by atoms with Gasteiger partial charge in [-0.1, -0.05) is 26.8 Å². The third kappa shape index (κ3) is 6.00. The molecule has 0 saturated carbocycles. The molecule has 0 aliphatic carbocycles. The van der Waals surface area contributed by atoms with Gasteiger partial charge in [0.1, 0.15) is 0 Å². The zero-order chi connectivity index (χ0) is 17.6. The van der Waals surface area contributed by atoms with Gasteiger partial charge in [0.25, 0.3) is 0 Å². The monoisotopic (exact) mass is 321 g/mol. The molecule has 0 heterocycles. The van der Waals surface area contributed by atoms with Crippen LogP contribution in [0.2, 0.25) is 0 Å². The summed E-state index contributed by atoms with van der Waals surface area (Å²) in [5.41, 5.74) is 7.26. The Bertz CT molecular complexity index is 561. The molecule has 1 unspecified atom stereocenters. The number of hydrogen-bond donors (Lipinski definition) is 3. The van der Waals surface area contributed by atoms with Gasteiger partial charge in [0, 0.05) is 30.4 Å². The molecule has 0 fully saturated rings. The molecule has 6 nitrogen and oxygen atoms in total. The van der Waals surface area contributed by atoms with Crippen LogP contribution in [-0.2, 0) is 14.3 Å². The minimum atomic E-state index is -0.488. The van der Waals surface area contributed by atoms with Crippen molar-refractivity contribution in [2.75, 3.05) is 24.3 Å². The number of carbonyl (C=O) groups excluding carboxylic acids is 2. The first-order valence-electron chi connectivity index (χ1n) is 7.62. The second kappa shape index (κ2) is 8.08. The first kappa shape index (κ1) is 19.1. The van der Waals surface area contributed by atoms with Crippen LogP contribution >= 0.6 is 0 Å². The fourth-order valence-electron chi connectivity index (χ4n) is 1.83. The van der Waals surface area contributed by atoms with Crippen LogP contribution in [0.5, 0.6) is 0 Å². The van der Waals surface area contributed by atoms with Gasteiger partial charge >= 0.3 is 0 Å². The van der Waals surface area contributed by atoms with Crippen LogP contribution < -0.4 is 16.4 Å². The molecule has 0 radical (unpaired) electrons. The number of ether oxygens (including phenoxy) is 1. The minimum absolute atomic E-state index is 0.0772. The maximum atomic E-state index is 12.1. The molecule has 0 aromatic heterocycles. The lowest BCUT2D eigenvalue weighted by Crippen LogP contribution is -2.28. The van der Waals surface area contributed by atoms with E-state index in [2.05, 4.69) is 10.6 Å². The van der Waals surface area contributed by atoms with E-state index < -0.39 is 5.41 Å². The van der Waals surface area contributed by atoms with Crippen molar-refractivity contribution in [3.8, 4) is 0 Å². The van der Waals surface area contributed by atoms with E-state index in [9.17, 15) is 9.59 Å². The summed E-state index contributed by atoms with van der Waals surface area (Å²) in [6, 6.07) is 5.40. The number of amides is 2. The Morgan fingerprint density at radius 1 is 1.26 bits per heavy atom. The molecule has 1 aromatic rings. The summed E-state index contributed by atoms with van der Waals surface area (Å²) in [6.07, 6.45) is -0.120. The van der Waals surface area contributed by atoms with Crippen molar-refractivity contribution in [3.63, 3.8) is 0 Å². The predicted octanol–water partition coefficient (Wildman–Crippen LogP) is 2.28. The highest BCUT2D eigenvalue weighted by Gasteiger charge is 2.22. The number of benzene rings is 1. The summed E-state index contributed by atoms with van der Waals surface area (Å²) < 4.78 is 5.10. The highest BCUT2D eigenvalue weighted by molar-refractivity contribution is 5.97. The standard InChI is InChI=1S/C17H27N3O3/c1-11-6-7-12(19-15(21)9-13(10-18)23-5)8-14(11)20-16(22)17(2,3)4/h6-8,13H,9-10,18H2,1-5H3,(H,19,21)(H,20,22). The molecule has 4 N–H and O–H groups in total. The van der Waals surface area contributed by atoms with E-state index >= 15 is 0 Å². The molecular weight excluding hydrogens is 294 g/mol. The van der Waals surface area contributed by atoms with E-state index in [1.807, 2.05) is 33.8 Å². The first-order valence-corrected chi connectivity index (χ1v) is 7.62. The molecular formula is C17H27N3O3. The number of carbonyl (C=O) groups is 2. The summed E-state index contributed by atoms with van der Waals surface area (Å²) >= 11 is 0. The Labute approximate surface area is 137 Å². The fraction of sp³-hybridized carbons (Fsp3) is 0.529. The molecule has 128 valence electrons. The number of nitrogens with one attached hydrogen (secondary N) is 2. The van der Waals surface area contributed by atoms with Crippen molar-refractivity contribution in [2.24, 2.45) is 11.1 Å². The van der Waals surface area contributed by atoms with Gasteiger partial charge in [-0.05, 0) is 24.6 Å². The summed E-state index contributed by atoms with van der Waals surface area (Å²) in [7, 11) is 1.52. The molecule has 0 aliphatic rings. The van der Waals surface area contributed by atoms with E-state index in [0.29, 0.717) is 11.4 Å². The average molecular weight is 321 g/mol. The fourth-order valence-corrected chi connectivity index (χ4v) is 1.83. The molecule has 23 heavy (non-hydrogen) atoms. The first-order chi connectivity index (χ1) is 10.7. The Balaban J connectivity index is 2.81. The van der Waals surface area contributed by atoms with Gasteiger partial charge in [-0.2, -0.15) is 0 Å². The van der Waals surface area contributed by atoms with Crippen LogP contribution in [0.1, 0.15) is 32.8 Å². The molecule has 1 atom stereocenters. The highest BCUT2D eigenvalue weighted by atomic mass is 16.5. The summed E-state index contributed by atoms with van der Waals surface area (Å²) in [6.45, 7) is 7.73. The number of methoxy groups -OCH3 is 1. The number of hydrogen-bond acceptors (Lipinski definition) is 4. The zero-order valence-corrected chi connectivity index (χ0v) is 14.5. The lowest BCUT2D eigenvalue weighted by atomic mass is 9.95. The van der Waals surface area contributed by atoms with Crippen molar-refractivity contribution in [1.29, 1.82) is 0 Å². The van der Waals surface area contributed by atoms with Crippen molar-refractivity contribution in [1.82, 2.24) is 0 Å². The van der Waals surface area contributed by atoms with Gasteiger partial charge in [-0.25, -0.2) is 0 Å². The molecule has 2 amide bonds. The van der Waals surface area contributed by atoms with Crippen molar-refractivity contribution in [3.05, 3.63) is 23.8 Å². The Hall–Kier alpha value is -1.92. The molecule has 0 bridgehead atoms. The van der Waals surface area contributed by atoms with Gasteiger partial charge in [0.05, 0.1) is 12.5 Å². The van der Waals surface area contributed by atoms with Crippen LogP contribution in [0.15, 0.2) is 18.2 Å². The van der Waals surface area contributed by atoms with E-state index in [4.69, 9.17) is 10.5 Å². The van der Waals surface area contributed by atoms with E-state index in [1.165, 1.54) is 7.11 Å². The zero-order valence-electron chi connectivity index (χ0n) is 14.5. The summed E-state index contributed by atoms with van der Waals surface area (Å²) in [4.78, 5) is 24.1. The molecule has 0 spiro atoms. The Morgan fingerprint density at radius 3 is 2.43 bits per heavy atom. The number of nitrogens with two attached hydrogens (primary N) is 1. The van der Waals surface area contributed by atoms with Crippen LogP contribution in [0.4, 0.5) is 11.4 Å². The largest absolute Gasteiger partial charge is 0.380 e. The highest BCUT2D eigenvalue weighted by Crippen LogP contribution is 2.23. The second-order valence-corrected chi connectivity index (χ2v) is 6.58. The lowest BCUT2D eigenvalue weighted by molar-refractivity contribution is -0.123. The smallest absolute Gasteiger partial charge is 0.229 e. The summed E-state index contributed by atoms with van der Waals surface area (Å²) in [5, 5.41) is 5.69.